The lowest BCUT2D eigenvalue weighted by Crippen LogP contribution is -2.72. The third-order valence-electron chi connectivity index (χ3n) is 14.7. The van der Waals surface area contributed by atoms with Crippen LogP contribution in [-0.4, -0.2) is 0 Å². The highest BCUT2D eigenvalue weighted by Crippen LogP contribution is 2.77. The highest BCUT2D eigenvalue weighted by molar-refractivity contribution is 5.69. The van der Waals surface area contributed by atoms with Crippen LogP contribution in [0.3, 0.4) is 0 Å². The first-order valence-electron chi connectivity index (χ1n) is 23.3. The van der Waals surface area contributed by atoms with Gasteiger partial charge in [-0.25, -0.2) is 0 Å². The minimum absolute atomic E-state index is 0.423. The summed E-state index contributed by atoms with van der Waals surface area (Å²) in [5, 5.41) is 0. The van der Waals surface area contributed by atoms with Crippen LogP contribution in [0.15, 0.2) is 218 Å². The SMILES string of the molecule is C(#Cc1ccccc1C12CC3CC(C1)CC(c1ccccc1C#Cc1ccccc1)(C3)C2(c1ccccc1C#Cc1ccccc1)c1ccccc1C#Cc1ccccc1)c1ccccc1. The smallest absolute Gasteiger partial charge is 0.0421 e. The van der Waals surface area contributed by atoms with Gasteiger partial charge in [-0.05, 0) is 139 Å². The summed E-state index contributed by atoms with van der Waals surface area (Å²) in [5.41, 5.74) is 11.8. The van der Waals surface area contributed by atoms with Crippen molar-refractivity contribution in [3.63, 3.8) is 0 Å². The average molecular weight is 841 g/mol. The van der Waals surface area contributed by atoms with Crippen molar-refractivity contribution in [1.29, 1.82) is 0 Å². The Hall–Kier alpha value is -8.00. The van der Waals surface area contributed by atoms with E-state index in [1.165, 1.54) is 28.7 Å². The van der Waals surface area contributed by atoms with E-state index in [2.05, 4.69) is 266 Å². The van der Waals surface area contributed by atoms with E-state index in [9.17, 15) is 0 Å². The Morgan fingerprint density at radius 3 is 0.803 bits per heavy atom. The topological polar surface area (TPSA) is 0 Å². The summed E-state index contributed by atoms with van der Waals surface area (Å²) in [6.07, 6.45) is 5.31. The molecule has 12 rings (SSSR count). The van der Waals surface area contributed by atoms with Crippen molar-refractivity contribution in [2.24, 2.45) is 11.8 Å². The highest BCUT2D eigenvalue weighted by Gasteiger charge is 2.75. The predicted octanol–water partition coefficient (Wildman–Crippen LogP) is 13.7. The van der Waals surface area contributed by atoms with Crippen LogP contribution in [0, 0.1) is 59.2 Å². The molecule has 4 saturated carbocycles. The van der Waals surface area contributed by atoms with Crippen molar-refractivity contribution in [3.8, 4) is 47.4 Å². The maximum Gasteiger partial charge on any atom is 0.0421 e. The van der Waals surface area contributed by atoms with E-state index in [0.29, 0.717) is 11.8 Å². The summed E-state index contributed by atoms with van der Waals surface area (Å²) >= 11 is 0. The zero-order valence-corrected chi connectivity index (χ0v) is 37.0. The molecule has 0 atom stereocenters. The molecule has 0 nitrogen and oxygen atoms in total. The van der Waals surface area contributed by atoms with Gasteiger partial charge in [-0.2, -0.15) is 0 Å². The lowest BCUT2D eigenvalue weighted by Gasteiger charge is -2.74. The van der Waals surface area contributed by atoms with Crippen LogP contribution >= 0.6 is 0 Å². The molecule has 66 heavy (non-hydrogen) atoms. The Morgan fingerprint density at radius 2 is 0.500 bits per heavy atom. The molecular weight excluding hydrogens is 793 g/mol. The first kappa shape index (κ1) is 40.8. The number of rotatable bonds is 4. The van der Waals surface area contributed by atoms with E-state index in [0.717, 1.165) is 70.2 Å². The fourth-order valence-electron chi connectivity index (χ4n) is 12.7. The zero-order chi connectivity index (χ0) is 44.2. The molecule has 0 spiro atoms. The monoisotopic (exact) mass is 840 g/mol. The summed E-state index contributed by atoms with van der Waals surface area (Å²) in [6.45, 7) is 0. The largest absolute Gasteiger partial charge is 0.0622 e. The van der Waals surface area contributed by atoms with Gasteiger partial charge in [-0.1, -0.05) is 193 Å². The Balaban J connectivity index is 1.29. The average Bonchev–Trinajstić information content (AvgIpc) is 3.38. The fourth-order valence-corrected chi connectivity index (χ4v) is 12.7. The van der Waals surface area contributed by atoms with Gasteiger partial charge in [-0.3, -0.25) is 0 Å². The second kappa shape index (κ2) is 17.5. The van der Waals surface area contributed by atoms with Crippen LogP contribution in [0.4, 0.5) is 0 Å². The molecule has 0 unspecified atom stereocenters. The van der Waals surface area contributed by atoms with Crippen molar-refractivity contribution >= 4 is 0 Å². The minimum Gasteiger partial charge on any atom is -0.0622 e. The molecule has 4 fully saturated rings. The maximum atomic E-state index is 3.83. The third-order valence-corrected chi connectivity index (χ3v) is 14.7. The summed E-state index contributed by atoms with van der Waals surface area (Å²) in [5.74, 6) is 30.7. The quantitative estimate of drug-likeness (QED) is 0.155. The molecule has 0 heterocycles. The lowest BCUT2D eigenvalue weighted by atomic mass is 9.28. The van der Waals surface area contributed by atoms with Gasteiger partial charge >= 0.3 is 0 Å². The van der Waals surface area contributed by atoms with E-state index in [1.807, 2.05) is 0 Å². The summed E-state index contributed by atoms with van der Waals surface area (Å²) in [7, 11) is 0. The minimum atomic E-state index is -0.688. The maximum absolute atomic E-state index is 3.83. The van der Waals surface area contributed by atoms with Crippen molar-refractivity contribution in [3.05, 3.63) is 285 Å². The molecule has 8 aromatic rings. The van der Waals surface area contributed by atoms with Crippen molar-refractivity contribution in [2.75, 3.05) is 0 Å². The van der Waals surface area contributed by atoms with Gasteiger partial charge in [-0.15, -0.1) is 0 Å². The van der Waals surface area contributed by atoms with Gasteiger partial charge in [0.05, 0.1) is 0 Å². The first-order valence-corrected chi connectivity index (χ1v) is 23.3. The van der Waals surface area contributed by atoms with Crippen LogP contribution in [0.1, 0.15) is 98.9 Å². The van der Waals surface area contributed by atoms with Gasteiger partial charge < -0.3 is 0 Å². The molecule has 4 bridgehead atoms. The molecule has 4 aliphatic rings. The van der Waals surface area contributed by atoms with E-state index < -0.39 is 16.2 Å². The van der Waals surface area contributed by atoms with Crippen LogP contribution < -0.4 is 0 Å². The molecule has 0 amide bonds. The van der Waals surface area contributed by atoms with Crippen LogP contribution in [0.2, 0.25) is 0 Å². The lowest BCUT2D eigenvalue weighted by molar-refractivity contribution is -0.0907. The molecule has 312 valence electrons. The third kappa shape index (κ3) is 7.14. The normalized spacial score (nSPS) is 20.5. The van der Waals surface area contributed by atoms with Crippen LogP contribution in [0.25, 0.3) is 0 Å². The van der Waals surface area contributed by atoms with Crippen molar-refractivity contribution in [2.45, 2.75) is 48.3 Å². The van der Waals surface area contributed by atoms with E-state index in [1.54, 1.807) is 0 Å². The molecule has 0 heteroatoms. The molecule has 8 aromatic carbocycles. The molecule has 4 aliphatic carbocycles. The number of benzene rings is 8. The number of hydrogen-bond acceptors (Lipinski definition) is 0. The molecule has 0 saturated heterocycles. The second-order valence-corrected chi connectivity index (χ2v) is 18.3. The Kier molecular flexibility index (Phi) is 10.8. The summed E-state index contributed by atoms with van der Waals surface area (Å²) in [6, 6.07) is 78.1. The summed E-state index contributed by atoms with van der Waals surface area (Å²) in [4.78, 5) is 0. The standard InChI is InChI=1S/C66H48/c1-5-21-50(22-6-1)37-41-56-29-13-17-33-60(56)64-46-54-45-55(47-64)49-65(48-54,61-34-18-14-30-57(61)42-38-51-23-7-2-8-24-51)66(64,62-35-19-15-31-58(62)43-39-52-25-9-3-10-26-52)63-36-20-16-32-59(63)44-40-53-27-11-4-12-28-53/h1-36,54-55H,45-49H2. The van der Waals surface area contributed by atoms with Crippen molar-refractivity contribution < 1.29 is 0 Å². The fraction of sp³-hybridized carbons (Fsp3) is 0.152. The number of hydrogen-bond donors (Lipinski definition) is 0. The highest BCUT2D eigenvalue weighted by atomic mass is 14.8. The Morgan fingerprint density at radius 1 is 0.258 bits per heavy atom. The molecule has 0 aromatic heterocycles. The summed E-state index contributed by atoms with van der Waals surface area (Å²) < 4.78 is 0. The van der Waals surface area contributed by atoms with E-state index >= 15 is 0 Å². The zero-order valence-electron chi connectivity index (χ0n) is 37.0. The first-order chi connectivity index (χ1) is 32.6. The van der Waals surface area contributed by atoms with Gasteiger partial charge in [0.1, 0.15) is 0 Å². The van der Waals surface area contributed by atoms with Crippen molar-refractivity contribution in [1.82, 2.24) is 0 Å². The van der Waals surface area contributed by atoms with Gasteiger partial charge in [0.15, 0.2) is 0 Å². The van der Waals surface area contributed by atoms with Crippen LogP contribution in [-0.2, 0) is 16.2 Å². The molecule has 0 aliphatic heterocycles. The Bertz CT molecular complexity index is 3070. The van der Waals surface area contributed by atoms with E-state index in [-0.39, 0.29) is 0 Å². The van der Waals surface area contributed by atoms with E-state index in [4.69, 9.17) is 0 Å². The molecule has 0 radical (unpaired) electrons. The van der Waals surface area contributed by atoms with Gasteiger partial charge in [0, 0.05) is 60.8 Å². The second-order valence-electron chi connectivity index (χ2n) is 18.3. The Labute approximate surface area is 390 Å². The predicted molar refractivity (Wildman–Crippen MR) is 270 cm³/mol. The van der Waals surface area contributed by atoms with Gasteiger partial charge in [0.25, 0.3) is 0 Å². The molecular formula is C66H48. The molecule has 0 N–H and O–H groups in total. The van der Waals surface area contributed by atoms with Crippen LogP contribution in [0.5, 0.6) is 0 Å². The van der Waals surface area contributed by atoms with Gasteiger partial charge in [0.2, 0.25) is 0 Å².